The maximum Gasteiger partial charge on any atom is 0.113 e. The van der Waals surface area contributed by atoms with E-state index >= 15 is 0 Å². The summed E-state index contributed by atoms with van der Waals surface area (Å²) in [7, 11) is 0. The molecular weight excluding hydrogens is 174 g/mol. The standard InChI is InChI=1S/C12H17NO/c1-12(2)13-11(9-14-12)8-10-6-4-3-5-7-10/h3-7,11,13H,8-9H2,1-2H3/t11-/m0/s1. The van der Waals surface area contributed by atoms with Gasteiger partial charge in [0.1, 0.15) is 5.72 Å². The number of benzene rings is 1. The molecule has 0 radical (unpaired) electrons. The first-order valence-electron chi connectivity index (χ1n) is 5.11. The van der Waals surface area contributed by atoms with Gasteiger partial charge in [0.05, 0.1) is 6.61 Å². The summed E-state index contributed by atoms with van der Waals surface area (Å²) in [6.45, 7) is 4.94. The van der Waals surface area contributed by atoms with Crippen LogP contribution in [-0.2, 0) is 11.2 Å². The number of rotatable bonds is 2. The molecule has 1 atom stereocenters. The number of ether oxygens (including phenoxy) is 1. The van der Waals surface area contributed by atoms with Crippen LogP contribution in [0, 0.1) is 0 Å². The van der Waals surface area contributed by atoms with Crippen molar-refractivity contribution in [2.75, 3.05) is 6.61 Å². The Morgan fingerprint density at radius 3 is 2.64 bits per heavy atom. The van der Waals surface area contributed by atoms with Gasteiger partial charge >= 0.3 is 0 Å². The van der Waals surface area contributed by atoms with Crippen molar-refractivity contribution >= 4 is 0 Å². The van der Waals surface area contributed by atoms with E-state index in [0.29, 0.717) is 6.04 Å². The maximum atomic E-state index is 5.61. The van der Waals surface area contributed by atoms with Crippen molar-refractivity contribution in [3.05, 3.63) is 35.9 Å². The summed E-state index contributed by atoms with van der Waals surface area (Å²) in [5, 5.41) is 3.46. The van der Waals surface area contributed by atoms with E-state index in [1.165, 1.54) is 5.56 Å². The Kier molecular flexibility index (Phi) is 2.57. The van der Waals surface area contributed by atoms with Gasteiger partial charge in [-0.2, -0.15) is 0 Å². The molecule has 2 heteroatoms. The van der Waals surface area contributed by atoms with Gasteiger partial charge in [0.15, 0.2) is 0 Å². The average Bonchev–Trinajstić information content (AvgIpc) is 2.47. The Balaban J connectivity index is 1.94. The normalized spacial score (nSPS) is 25.1. The van der Waals surface area contributed by atoms with E-state index in [-0.39, 0.29) is 5.72 Å². The lowest BCUT2D eigenvalue weighted by Crippen LogP contribution is -2.39. The molecule has 0 bridgehead atoms. The molecule has 1 aliphatic rings. The molecule has 0 unspecified atom stereocenters. The molecule has 14 heavy (non-hydrogen) atoms. The zero-order chi connectivity index (χ0) is 10.0. The van der Waals surface area contributed by atoms with E-state index in [9.17, 15) is 0 Å². The molecule has 0 saturated carbocycles. The molecule has 1 aromatic rings. The molecule has 1 aromatic carbocycles. The second kappa shape index (κ2) is 3.71. The molecule has 76 valence electrons. The Labute approximate surface area is 85.3 Å². The molecular formula is C12H17NO. The lowest BCUT2D eigenvalue weighted by molar-refractivity contribution is 0.0231. The van der Waals surface area contributed by atoms with Crippen molar-refractivity contribution in [1.29, 1.82) is 0 Å². The van der Waals surface area contributed by atoms with Crippen LogP contribution in [0.4, 0.5) is 0 Å². The Morgan fingerprint density at radius 1 is 1.36 bits per heavy atom. The zero-order valence-corrected chi connectivity index (χ0v) is 8.79. The predicted molar refractivity (Wildman–Crippen MR) is 57.1 cm³/mol. The van der Waals surface area contributed by atoms with Gasteiger partial charge in [-0.15, -0.1) is 0 Å². The smallest absolute Gasteiger partial charge is 0.113 e. The lowest BCUT2D eigenvalue weighted by Gasteiger charge is -2.18. The maximum absolute atomic E-state index is 5.61. The third kappa shape index (κ3) is 2.34. The van der Waals surface area contributed by atoms with Crippen molar-refractivity contribution in [2.45, 2.75) is 32.0 Å². The van der Waals surface area contributed by atoms with E-state index in [1.807, 2.05) is 6.07 Å². The van der Waals surface area contributed by atoms with Crippen molar-refractivity contribution in [1.82, 2.24) is 5.32 Å². The van der Waals surface area contributed by atoms with Gasteiger partial charge in [0.25, 0.3) is 0 Å². The van der Waals surface area contributed by atoms with E-state index in [2.05, 4.69) is 43.4 Å². The van der Waals surface area contributed by atoms with Crippen LogP contribution in [0.3, 0.4) is 0 Å². The number of hydrogen-bond acceptors (Lipinski definition) is 2. The van der Waals surface area contributed by atoms with Crippen molar-refractivity contribution in [3.8, 4) is 0 Å². The summed E-state index contributed by atoms with van der Waals surface area (Å²) in [5.74, 6) is 0. The minimum atomic E-state index is -0.153. The van der Waals surface area contributed by atoms with E-state index in [0.717, 1.165) is 13.0 Å². The minimum absolute atomic E-state index is 0.153. The SMILES string of the molecule is CC1(C)N[C@@H](Cc2ccccc2)CO1. The third-order valence-corrected chi connectivity index (χ3v) is 2.52. The Hall–Kier alpha value is -0.860. The Bertz CT molecular complexity index is 294. The van der Waals surface area contributed by atoms with Gasteiger partial charge in [-0.05, 0) is 25.8 Å². The molecule has 0 aromatic heterocycles. The quantitative estimate of drug-likeness (QED) is 0.771. The van der Waals surface area contributed by atoms with Crippen LogP contribution in [0.5, 0.6) is 0 Å². The van der Waals surface area contributed by atoms with Crippen LogP contribution in [-0.4, -0.2) is 18.4 Å². The van der Waals surface area contributed by atoms with Crippen LogP contribution >= 0.6 is 0 Å². The summed E-state index contributed by atoms with van der Waals surface area (Å²) >= 11 is 0. The fourth-order valence-electron chi connectivity index (χ4n) is 1.89. The van der Waals surface area contributed by atoms with Crippen molar-refractivity contribution < 1.29 is 4.74 Å². The van der Waals surface area contributed by atoms with Crippen LogP contribution in [0.2, 0.25) is 0 Å². The minimum Gasteiger partial charge on any atom is -0.360 e. The first-order chi connectivity index (χ1) is 6.66. The first-order valence-corrected chi connectivity index (χ1v) is 5.11. The van der Waals surface area contributed by atoms with E-state index < -0.39 is 0 Å². The second-order valence-corrected chi connectivity index (χ2v) is 4.35. The third-order valence-electron chi connectivity index (χ3n) is 2.52. The molecule has 0 amide bonds. The highest BCUT2D eigenvalue weighted by atomic mass is 16.5. The summed E-state index contributed by atoms with van der Waals surface area (Å²) in [5.41, 5.74) is 1.21. The second-order valence-electron chi connectivity index (χ2n) is 4.35. The number of nitrogens with one attached hydrogen (secondary N) is 1. The van der Waals surface area contributed by atoms with Gasteiger partial charge in [-0.3, -0.25) is 5.32 Å². The molecule has 0 aliphatic carbocycles. The molecule has 1 saturated heterocycles. The molecule has 2 nitrogen and oxygen atoms in total. The van der Waals surface area contributed by atoms with Gasteiger partial charge in [0, 0.05) is 6.04 Å². The van der Waals surface area contributed by atoms with E-state index in [1.54, 1.807) is 0 Å². The molecule has 1 N–H and O–H groups in total. The monoisotopic (exact) mass is 191 g/mol. The van der Waals surface area contributed by atoms with Crippen LogP contribution in [0.15, 0.2) is 30.3 Å². The van der Waals surface area contributed by atoms with Gasteiger partial charge in [-0.25, -0.2) is 0 Å². The highest BCUT2D eigenvalue weighted by molar-refractivity contribution is 5.16. The van der Waals surface area contributed by atoms with Crippen molar-refractivity contribution in [2.24, 2.45) is 0 Å². The van der Waals surface area contributed by atoms with Crippen LogP contribution in [0.1, 0.15) is 19.4 Å². The Morgan fingerprint density at radius 2 is 2.07 bits per heavy atom. The molecule has 2 rings (SSSR count). The molecule has 1 heterocycles. The average molecular weight is 191 g/mol. The molecule has 0 spiro atoms. The van der Waals surface area contributed by atoms with Crippen molar-refractivity contribution in [3.63, 3.8) is 0 Å². The largest absolute Gasteiger partial charge is 0.360 e. The lowest BCUT2D eigenvalue weighted by atomic mass is 10.1. The summed E-state index contributed by atoms with van der Waals surface area (Å²) < 4.78 is 5.61. The van der Waals surface area contributed by atoms with Gasteiger partial charge < -0.3 is 4.74 Å². The summed E-state index contributed by atoms with van der Waals surface area (Å²) in [4.78, 5) is 0. The highest BCUT2D eigenvalue weighted by Crippen LogP contribution is 2.16. The predicted octanol–water partition coefficient (Wildman–Crippen LogP) is 1.95. The molecule has 1 aliphatic heterocycles. The summed E-state index contributed by atoms with van der Waals surface area (Å²) in [6.07, 6.45) is 1.05. The van der Waals surface area contributed by atoms with Gasteiger partial charge in [-0.1, -0.05) is 30.3 Å². The summed E-state index contributed by atoms with van der Waals surface area (Å²) in [6, 6.07) is 11.0. The fourth-order valence-corrected chi connectivity index (χ4v) is 1.89. The van der Waals surface area contributed by atoms with Crippen LogP contribution < -0.4 is 5.32 Å². The van der Waals surface area contributed by atoms with E-state index in [4.69, 9.17) is 4.74 Å². The number of hydrogen-bond donors (Lipinski definition) is 1. The zero-order valence-electron chi connectivity index (χ0n) is 8.79. The fraction of sp³-hybridized carbons (Fsp3) is 0.500. The molecule has 1 fully saturated rings. The highest BCUT2D eigenvalue weighted by Gasteiger charge is 2.30. The first kappa shape index (κ1) is 9.69. The topological polar surface area (TPSA) is 21.3 Å². The van der Waals surface area contributed by atoms with Gasteiger partial charge in [0.2, 0.25) is 0 Å². The van der Waals surface area contributed by atoms with Crippen LogP contribution in [0.25, 0.3) is 0 Å².